The first-order chi connectivity index (χ1) is 17.5. The Hall–Kier alpha value is -4.59. The van der Waals surface area contributed by atoms with E-state index in [1.807, 2.05) is 41.9 Å². The van der Waals surface area contributed by atoms with Gasteiger partial charge >= 0.3 is 0 Å². The van der Waals surface area contributed by atoms with Gasteiger partial charge in [-0.3, -0.25) is 24.7 Å². The minimum atomic E-state index is -0.629. The molecule has 0 aliphatic carbocycles. The van der Waals surface area contributed by atoms with Crippen molar-refractivity contribution < 1.29 is 14.4 Å². The lowest BCUT2D eigenvalue weighted by atomic mass is 9.99. The van der Waals surface area contributed by atoms with E-state index in [4.69, 9.17) is 0 Å². The predicted molar refractivity (Wildman–Crippen MR) is 133 cm³/mol. The number of fused-ring (bicyclic) bond motifs is 1. The van der Waals surface area contributed by atoms with Crippen LogP contribution in [0.4, 0.5) is 0 Å². The highest BCUT2D eigenvalue weighted by molar-refractivity contribution is 6.05. The minimum Gasteiger partial charge on any atom is -0.333 e. The second-order valence-corrected chi connectivity index (χ2v) is 9.14. The van der Waals surface area contributed by atoms with Gasteiger partial charge in [-0.05, 0) is 47.4 Å². The number of carbonyl (C=O) groups is 3. The zero-order chi connectivity index (χ0) is 24.8. The quantitative estimate of drug-likeness (QED) is 0.453. The first kappa shape index (κ1) is 21.9. The van der Waals surface area contributed by atoms with Crippen molar-refractivity contribution in [2.24, 2.45) is 7.05 Å². The van der Waals surface area contributed by atoms with E-state index in [0.29, 0.717) is 18.5 Å². The standard InChI is InChI=1S/C28H23N5O3/c1-32-16-30-25(26(32)19-4-2-17(3-5-19)18-10-12-29-13-11-18)20-6-7-22-21(14-20)15-33(28(22)36)23-8-9-24(34)31-27(23)35/h2-7,10-14,16,23H,8-9,15H2,1H3,(H,31,34,35). The lowest BCUT2D eigenvalue weighted by Gasteiger charge is -2.29. The summed E-state index contributed by atoms with van der Waals surface area (Å²) >= 11 is 0. The largest absolute Gasteiger partial charge is 0.333 e. The molecule has 2 aliphatic rings. The van der Waals surface area contributed by atoms with Gasteiger partial charge in [0, 0.05) is 49.1 Å². The average Bonchev–Trinajstić information content (AvgIpc) is 3.44. The first-order valence-electron chi connectivity index (χ1n) is 11.8. The van der Waals surface area contributed by atoms with Gasteiger partial charge in [0.2, 0.25) is 11.8 Å². The molecule has 3 amide bonds. The Balaban J connectivity index is 1.31. The fourth-order valence-corrected chi connectivity index (χ4v) is 5.07. The number of imide groups is 1. The number of pyridine rings is 1. The molecule has 1 atom stereocenters. The Morgan fingerprint density at radius 3 is 2.33 bits per heavy atom. The zero-order valence-corrected chi connectivity index (χ0v) is 19.6. The maximum Gasteiger partial charge on any atom is 0.255 e. The Labute approximate surface area is 207 Å². The molecule has 0 spiro atoms. The molecular weight excluding hydrogens is 454 g/mol. The molecule has 0 saturated carbocycles. The molecule has 1 fully saturated rings. The average molecular weight is 478 g/mol. The number of hydrogen-bond donors (Lipinski definition) is 1. The van der Waals surface area contributed by atoms with Gasteiger partial charge in [0.1, 0.15) is 6.04 Å². The van der Waals surface area contributed by atoms with Gasteiger partial charge in [0.25, 0.3) is 5.91 Å². The zero-order valence-electron chi connectivity index (χ0n) is 19.6. The smallest absolute Gasteiger partial charge is 0.255 e. The number of nitrogens with one attached hydrogen (secondary N) is 1. The third kappa shape index (κ3) is 3.67. The lowest BCUT2D eigenvalue weighted by molar-refractivity contribution is -0.136. The Bertz CT molecular complexity index is 1510. The van der Waals surface area contributed by atoms with Crippen molar-refractivity contribution in [2.45, 2.75) is 25.4 Å². The third-order valence-corrected chi connectivity index (χ3v) is 6.91. The maximum absolute atomic E-state index is 13.0. The summed E-state index contributed by atoms with van der Waals surface area (Å²) in [4.78, 5) is 47.3. The van der Waals surface area contributed by atoms with E-state index in [1.54, 1.807) is 23.6 Å². The number of benzene rings is 2. The van der Waals surface area contributed by atoms with Gasteiger partial charge in [0.15, 0.2) is 0 Å². The van der Waals surface area contributed by atoms with Crippen molar-refractivity contribution in [1.29, 1.82) is 0 Å². The number of rotatable bonds is 4. The van der Waals surface area contributed by atoms with Crippen molar-refractivity contribution in [3.63, 3.8) is 0 Å². The van der Waals surface area contributed by atoms with Gasteiger partial charge in [0.05, 0.1) is 17.7 Å². The van der Waals surface area contributed by atoms with E-state index in [-0.39, 0.29) is 18.2 Å². The summed E-state index contributed by atoms with van der Waals surface area (Å²) < 4.78 is 1.99. The highest BCUT2D eigenvalue weighted by atomic mass is 16.2. The molecule has 1 unspecified atom stereocenters. The van der Waals surface area contributed by atoms with Gasteiger partial charge in [-0.25, -0.2) is 4.98 Å². The number of aromatic nitrogens is 3. The second-order valence-electron chi connectivity index (χ2n) is 9.14. The van der Waals surface area contributed by atoms with Crippen LogP contribution in [0.15, 0.2) is 73.3 Å². The fraction of sp³-hybridized carbons (Fsp3) is 0.179. The molecule has 2 aliphatic heterocycles. The highest BCUT2D eigenvalue weighted by Crippen LogP contribution is 2.35. The van der Waals surface area contributed by atoms with E-state index in [9.17, 15) is 14.4 Å². The van der Waals surface area contributed by atoms with Crippen LogP contribution in [0.25, 0.3) is 33.6 Å². The molecule has 6 rings (SSSR count). The summed E-state index contributed by atoms with van der Waals surface area (Å²) in [5.74, 6) is -0.881. The van der Waals surface area contributed by atoms with Crippen molar-refractivity contribution in [1.82, 2.24) is 24.8 Å². The second kappa shape index (κ2) is 8.57. The summed E-state index contributed by atoms with van der Waals surface area (Å²) in [6.45, 7) is 0.330. The molecule has 4 heterocycles. The normalized spacial score (nSPS) is 17.3. The summed E-state index contributed by atoms with van der Waals surface area (Å²) in [6.07, 6.45) is 5.93. The molecule has 178 valence electrons. The SMILES string of the molecule is Cn1cnc(-c2ccc3c(c2)CN(C2CCC(=O)NC2=O)C3=O)c1-c1ccc(-c2ccncc2)cc1. The number of hydrogen-bond acceptors (Lipinski definition) is 5. The fourth-order valence-electron chi connectivity index (χ4n) is 5.07. The topological polar surface area (TPSA) is 97.2 Å². The Kier molecular flexibility index (Phi) is 5.21. The van der Waals surface area contributed by atoms with Gasteiger partial charge in [-0.15, -0.1) is 0 Å². The van der Waals surface area contributed by atoms with Crippen LogP contribution in [0, 0.1) is 0 Å². The van der Waals surface area contributed by atoms with Gasteiger partial charge in [-0.2, -0.15) is 0 Å². The number of carbonyl (C=O) groups excluding carboxylic acids is 3. The molecule has 8 nitrogen and oxygen atoms in total. The summed E-state index contributed by atoms with van der Waals surface area (Å²) in [5, 5.41) is 2.35. The molecule has 8 heteroatoms. The van der Waals surface area contributed by atoms with Crippen molar-refractivity contribution in [2.75, 3.05) is 0 Å². The van der Waals surface area contributed by atoms with Crippen molar-refractivity contribution in [3.05, 3.63) is 84.4 Å². The number of imidazole rings is 1. The third-order valence-electron chi connectivity index (χ3n) is 6.91. The molecule has 2 aromatic carbocycles. The van der Waals surface area contributed by atoms with Gasteiger partial charge < -0.3 is 9.47 Å². The molecule has 0 radical (unpaired) electrons. The van der Waals surface area contributed by atoms with E-state index in [1.165, 1.54) is 0 Å². The Morgan fingerprint density at radius 1 is 0.889 bits per heavy atom. The highest BCUT2D eigenvalue weighted by Gasteiger charge is 2.39. The molecule has 36 heavy (non-hydrogen) atoms. The summed E-state index contributed by atoms with van der Waals surface area (Å²) in [6, 6.07) is 17.4. The monoisotopic (exact) mass is 477 g/mol. The van der Waals surface area contributed by atoms with E-state index in [0.717, 1.165) is 39.2 Å². The van der Waals surface area contributed by atoms with Crippen LogP contribution in [0.1, 0.15) is 28.8 Å². The minimum absolute atomic E-state index is 0.181. The first-order valence-corrected chi connectivity index (χ1v) is 11.8. The van der Waals surface area contributed by atoms with Gasteiger partial charge in [-0.1, -0.05) is 30.3 Å². The van der Waals surface area contributed by atoms with Crippen LogP contribution in [-0.4, -0.2) is 43.2 Å². The van der Waals surface area contributed by atoms with Crippen LogP contribution in [-0.2, 0) is 23.2 Å². The lowest BCUT2D eigenvalue weighted by Crippen LogP contribution is -2.52. The molecule has 0 bridgehead atoms. The van der Waals surface area contributed by atoms with Crippen molar-refractivity contribution in [3.8, 4) is 33.6 Å². The number of amides is 3. The molecular formula is C28H23N5O3. The van der Waals surface area contributed by atoms with Crippen LogP contribution in [0.2, 0.25) is 0 Å². The van der Waals surface area contributed by atoms with Crippen LogP contribution in [0.3, 0.4) is 0 Å². The summed E-state index contributed by atoms with van der Waals surface area (Å²) in [5.41, 5.74) is 7.38. The van der Waals surface area contributed by atoms with Crippen LogP contribution in [0.5, 0.6) is 0 Å². The van der Waals surface area contributed by atoms with Crippen molar-refractivity contribution >= 4 is 17.7 Å². The number of nitrogens with zero attached hydrogens (tertiary/aromatic N) is 4. The van der Waals surface area contributed by atoms with Crippen LogP contribution < -0.4 is 5.32 Å². The summed E-state index contributed by atoms with van der Waals surface area (Å²) in [7, 11) is 1.96. The number of piperidine rings is 1. The predicted octanol–water partition coefficient (Wildman–Crippen LogP) is 3.58. The van der Waals surface area contributed by atoms with E-state index >= 15 is 0 Å². The molecule has 4 aromatic rings. The van der Waals surface area contributed by atoms with Crippen LogP contribution >= 0.6 is 0 Å². The number of aryl methyl sites for hydroxylation is 1. The van der Waals surface area contributed by atoms with E-state index in [2.05, 4.69) is 39.6 Å². The Morgan fingerprint density at radius 2 is 1.58 bits per heavy atom. The molecule has 2 aromatic heterocycles. The van der Waals surface area contributed by atoms with E-state index < -0.39 is 11.9 Å². The molecule has 1 N–H and O–H groups in total. The maximum atomic E-state index is 13.0. The molecule has 1 saturated heterocycles.